The third kappa shape index (κ3) is 4.48. The molecule has 0 radical (unpaired) electrons. The van der Waals surface area contributed by atoms with E-state index in [1.165, 1.54) is 12.1 Å². The fourth-order valence-corrected chi connectivity index (χ4v) is 6.42. The van der Waals surface area contributed by atoms with Crippen LogP contribution in [0.15, 0.2) is 140 Å². The minimum Gasteiger partial charge on any atom is -0.299 e. The van der Waals surface area contributed by atoms with Gasteiger partial charge in [0.05, 0.1) is 16.6 Å². The summed E-state index contributed by atoms with van der Waals surface area (Å²) in [6.07, 6.45) is 2.15. The summed E-state index contributed by atoms with van der Waals surface area (Å²) in [5, 5.41) is 0. The highest BCUT2D eigenvalue weighted by molar-refractivity contribution is 6.10. The van der Waals surface area contributed by atoms with Crippen LogP contribution in [-0.2, 0) is 5.41 Å². The molecule has 202 valence electrons. The van der Waals surface area contributed by atoms with Crippen LogP contribution >= 0.6 is 0 Å². The molecule has 41 heavy (non-hydrogen) atoms. The van der Waals surface area contributed by atoms with Gasteiger partial charge < -0.3 is 0 Å². The zero-order valence-electron chi connectivity index (χ0n) is 23.5. The van der Waals surface area contributed by atoms with Gasteiger partial charge >= 0.3 is 0 Å². The van der Waals surface area contributed by atoms with Gasteiger partial charge in [0.1, 0.15) is 5.82 Å². The number of hydrogen-bond donors (Lipinski definition) is 0. The molecule has 0 bridgehead atoms. The third-order valence-corrected chi connectivity index (χ3v) is 8.16. The van der Waals surface area contributed by atoms with E-state index in [-0.39, 0.29) is 11.7 Å². The SMILES string of the molecule is CC1=CC(C)(C)N(C(=O)c2ccc(F)cc2)c2ccc(C(c3ccccc3)(c3ccccc3)c3ccccc3)cc21. The van der Waals surface area contributed by atoms with Gasteiger partial charge in [-0.2, -0.15) is 0 Å². The number of nitrogens with zero attached hydrogens (tertiary/aromatic N) is 1. The van der Waals surface area contributed by atoms with Crippen LogP contribution in [0.25, 0.3) is 5.57 Å². The number of benzene rings is 5. The molecule has 0 saturated heterocycles. The average Bonchev–Trinajstić information content (AvgIpc) is 2.99. The van der Waals surface area contributed by atoms with Crippen molar-refractivity contribution < 1.29 is 9.18 Å². The minimum atomic E-state index is -0.585. The second-order valence-corrected chi connectivity index (χ2v) is 11.2. The van der Waals surface area contributed by atoms with E-state index in [9.17, 15) is 9.18 Å². The van der Waals surface area contributed by atoms with Crippen LogP contribution in [0.3, 0.4) is 0 Å². The minimum absolute atomic E-state index is 0.159. The molecule has 5 aromatic rings. The van der Waals surface area contributed by atoms with Gasteiger partial charge in [0, 0.05) is 11.1 Å². The predicted molar refractivity (Wildman–Crippen MR) is 166 cm³/mol. The number of amides is 1. The summed E-state index contributed by atoms with van der Waals surface area (Å²) in [6.45, 7) is 6.19. The first-order valence-corrected chi connectivity index (χ1v) is 13.9. The molecule has 0 atom stereocenters. The van der Waals surface area contributed by atoms with Gasteiger partial charge in [-0.3, -0.25) is 9.69 Å². The molecule has 1 aliphatic rings. The Hall–Kier alpha value is -4.76. The van der Waals surface area contributed by atoms with Crippen molar-refractivity contribution in [2.75, 3.05) is 4.90 Å². The Morgan fingerprint density at radius 2 is 1.15 bits per heavy atom. The molecular weight excluding hydrogens is 505 g/mol. The number of anilines is 1. The lowest BCUT2D eigenvalue weighted by atomic mass is 9.64. The first kappa shape index (κ1) is 26.5. The van der Waals surface area contributed by atoms with E-state index in [1.54, 1.807) is 12.1 Å². The molecule has 0 N–H and O–H groups in total. The Bertz CT molecular complexity index is 1630. The first-order chi connectivity index (χ1) is 19.8. The maximum atomic E-state index is 13.9. The van der Waals surface area contributed by atoms with Crippen molar-refractivity contribution in [2.45, 2.75) is 31.7 Å². The standard InChI is InChI=1S/C38H32FNO/c1-27-26-37(2,3)40(36(41)28-19-22-33(39)23-20-28)35-24-21-32(25-34(27)35)38(29-13-7-4-8-14-29,30-15-9-5-10-16-30)31-17-11-6-12-18-31/h4-26H,1-3H3. The van der Waals surface area contributed by atoms with Gasteiger partial charge in [-0.05, 0) is 85.0 Å². The second kappa shape index (κ2) is 10.3. The first-order valence-electron chi connectivity index (χ1n) is 13.9. The van der Waals surface area contributed by atoms with E-state index in [2.05, 4.69) is 104 Å². The number of halogens is 1. The maximum absolute atomic E-state index is 13.9. The number of rotatable bonds is 5. The van der Waals surface area contributed by atoms with E-state index in [0.717, 1.165) is 39.1 Å². The fourth-order valence-electron chi connectivity index (χ4n) is 6.42. The molecule has 0 saturated carbocycles. The lowest BCUT2D eigenvalue weighted by Gasteiger charge is -2.43. The van der Waals surface area contributed by atoms with Crippen LogP contribution in [-0.4, -0.2) is 11.4 Å². The maximum Gasteiger partial charge on any atom is 0.259 e. The van der Waals surface area contributed by atoms with Crippen molar-refractivity contribution in [2.24, 2.45) is 0 Å². The summed E-state index contributed by atoms with van der Waals surface area (Å²) in [6, 6.07) is 44.1. The van der Waals surface area contributed by atoms with Gasteiger partial charge in [0.2, 0.25) is 0 Å². The summed E-state index contributed by atoms with van der Waals surface area (Å²) < 4.78 is 13.7. The molecule has 0 aliphatic carbocycles. The molecule has 2 nitrogen and oxygen atoms in total. The highest BCUT2D eigenvalue weighted by atomic mass is 19.1. The van der Waals surface area contributed by atoms with Crippen molar-refractivity contribution in [3.63, 3.8) is 0 Å². The van der Waals surface area contributed by atoms with Crippen molar-refractivity contribution in [1.82, 2.24) is 0 Å². The Morgan fingerprint density at radius 1 is 0.659 bits per heavy atom. The molecule has 1 aliphatic heterocycles. The van der Waals surface area contributed by atoms with E-state index in [0.29, 0.717) is 5.56 Å². The van der Waals surface area contributed by atoms with Crippen molar-refractivity contribution in [3.8, 4) is 0 Å². The van der Waals surface area contributed by atoms with E-state index >= 15 is 0 Å². The molecular formula is C38H32FNO. The van der Waals surface area contributed by atoms with Gasteiger partial charge in [-0.25, -0.2) is 4.39 Å². The summed E-state index contributed by atoms with van der Waals surface area (Å²) in [5.41, 5.74) is 6.85. The van der Waals surface area contributed by atoms with Crippen LogP contribution in [0, 0.1) is 5.82 Å². The lowest BCUT2D eigenvalue weighted by Crippen LogP contribution is -2.49. The topological polar surface area (TPSA) is 20.3 Å². The second-order valence-electron chi connectivity index (χ2n) is 11.2. The molecule has 1 heterocycles. The molecule has 0 fully saturated rings. The Balaban J connectivity index is 1.61. The Kier molecular flexibility index (Phi) is 6.67. The summed E-state index contributed by atoms with van der Waals surface area (Å²) >= 11 is 0. The smallest absolute Gasteiger partial charge is 0.259 e. The molecule has 1 amide bonds. The zero-order chi connectivity index (χ0) is 28.6. The summed E-state index contributed by atoms with van der Waals surface area (Å²) in [5.74, 6) is -0.521. The fraction of sp³-hybridized carbons (Fsp3) is 0.132. The number of carbonyl (C=O) groups excluding carboxylic acids is 1. The van der Waals surface area contributed by atoms with Gasteiger partial charge in [0.15, 0.2) is 0 Å². The molecule has 3 heteroatoms. The van der Waals surface area contributed by atoms with E-state index in [4.69, 9.17) is 0 Å². The molecule has 0 spiro atoms. The van der Waals surface area contributed by atoms with Crippen molar-refractivity contribution in [3.05, 3.63) is 179 Å². The monoisotopic (exact) mass is 537 g/mol. The average molecular weight is 538 g/mol. The van der Waals surface area contributed by atoms with Crippen LogP contribution in [0.2, 0.25) is 0 Å². The Morgan fingerprint density at radius 3 is 1.63 bits per heavy atom. The Labute approximate surface area is 241 Å². The third-order valence-electron chi connectivity index (χ3n) is 8.16. The van der Waals surface area contributed by atoms with E-state index in [1.807, 2.05) is 36.9 Å². The molecule has 0 unspecified atom stereocenters. The van der Waals surface area contributed by atoms with Crippen molar-refractivity contribution >= 4 is 17.2 Å². The molecule has 5 aromatic carbocycles. The van der Waals surface area contributed by atoms with Gasteiger partial charge in [0.25, 0.3) is 5.91 Å². The number of hydrogen-bond acceptors (Lipinski definition) is 1. The van der Waals surface area contributed by atoms with Gasteiger partial charge in [-0.15, -0.1) is 0 Å². The highest BCUT2D eigenvalue weighted by Gasteiger charge is 2.41. The number of fused-ring (bicyclic) bond motifs is 1. The molecule has 6 rings (SSSR count). The van der Waals surface area contributed by atoms with E-state index < -0.39 is 11.0 Å². The van der Waals surface area contributed by atoms with Gasteiger partial charge in [-0.1, -0.05) is 103 Å². The summed E-state index contributed by atoms with van der Waals surface area (Å²) in [4.78, 5) is 15.8. The predicted octanol–water partition coefficient (Wildman–Crippen LogP) is 9.05. The van der Waals surface area contributed by atoms with Crippen LogP contribution in [0.5, 0.6) is 0 Å². The molecule has 0 aromatic heterocycles. The quantitative estimate of drug-likeness (QED) is 0.205. The van der Waals surface area contributed by atoms with Crippen LogP contribution in [0.1, 0.15) is 58.9 Å². The number of allylic oxidation sites excluding steroid dienone is 1. The lowest BCUT2D eigenvalue weighted by molar-refractivity contribution is 0.0970. The summed E-state index contributed by atoms with van der Waals surface area (Å²) in [7, 11) is 0. The largest absolute Gasteiger partial charge is 0.299 e. The highest BCUT2D eigenvalue weighted by Crippen LogP contribution is 2.48. The van der Waals surface area contributed by atoms with Crippen LogP contribution in [0.4, 0.5) is 10.1 Å². The van der Waals surface area contributed by atoms with Crippen molar-refractivity contribution in [1.29, 1.82) is 0 Å². The zero-order valence-corrected chi connectivity index (χ0v) is 23.5. The normalized spacial score (nSPS) is 14.2. The number of carbonyl (C=O) groups is 1. The van der Waals surface area contributed by atoms with Crippen LogP contribution < -0.4 is 4.90 Å².